The lowest BCUT2D eigenvalue weighted by Crippen LogP contribution is -2.21. The SMILES string of the molecule is CNC(C1=COCCC1)c1ccccc1SC. The van der Waals surface area contributed by atoms with Crippen molar-refractivity contribution in [3.8, 4) is 0 Å². The molecular formula is C14H19NOS. The van der Waals surface area contributed by atoms with Crippen LogP contribution in [-0.4, -0.2) is 19.9 Å². The summed E-state index contributed by atoms with van der Waals surface area (Å²) in [5, 5.41) is 3.40. The van der Waals surface area contributed by atoms with Gasteiger partial charge >= 0.3 is 0 Å². The molecule has 0 saturated heterocycles. The van der Waals surface area contributed by atoms with Gasteiger partial charge in [0.15, 0.2) is 0 Å². The number of likely N-dealkylation sites (N-methyl/N-ethyl adjacent to an activating group) is 1. The summed E-state index contributed by atoms with van der Waals surface area (Å²) in [6, 6.07) is 8.84. The largest absolute Gasteiger partial charge is 0.501 e. The second-order valence-electron chi connectivity index (χ2n) is 4.13. The number of thioether (sulfide) groups is 1. The molecule has 3 heteroatoms. The smallest absolute Gasteiger partial charge is 0.0876 e. The molecule has 1 heterocycles. The Bertz CT molecular complexity index is 403. The summed E-state index contributed by atoms with van der Waals surface area (Å²) >= 11 is 1.80. The lowest BCUT2D eigenvalue weighted by Gasteiger charge is -2.24. The van der Waals surface area contributed by atoms with E-state index in [1.54, 1.807) is 11.8 Å². The van der Waals surface area contributed by atoms with Gasteiger partial charge < -0.3 is 10.1 Å². The van der Waals surface area contributed by atoms with Gasteiger partial charge in [-0.1, -0.05) is 18.2 Å². The zero-order chi connectivity index (χ0) is 12.1. The number of benzene rings is 1. The number of hydrogen-bond donors (Lipinski definition) is 1. The van der Waals surface area contributed by atoms with Gasteiger partial charge in [-0.2, -0.15) is 0 Å². The highest BCUT2D eigenvalue weighted by Crippen LogP contribution is 2.32. The Morgan fingerprint density at radius 2 is 2.18 bits per heavy atom. The Hall–Kier alpha value is -0.930. The van der Waals surface area contributed by atoms with Crippen LogP contribution in [-0.2, 0) is 4.74 Å². The van der Waals surface area contributed by atoms with Gasteiger partial charge in [-0.05, 0) is 43.3 Å². The average Bonchev–Trinajstić information content (AvgIpc) is 2.41. The Morgan fingerprint density at radius 3 is 2.82 bits per heavy atom. The molecule has 0 fully saturated rings. The molecule has 0 aliphatic carbocycles. The van der Waals surface area contributed by atoms with E-state index in [1.165, 1.54) is 16.0 Å². The van der Waals surface area contributed by atoms with Crippen LogP contribution < -0.4 is 5.32 Å². The van der Waals surface area contributed by atoms with Crippen molar-refractivity contribution in [3.63, 3.8) is 0 Å². The molecular weight excluding hydrogens is 230 g/mol. The summed E-state index contributed by atoms with van der Waals surface area (Å²) in [5.41, 5.74) is 2.69. The maximum Gasteiger partial charge on any atom is 0.0876 e. The van der Waals surface area contributed by atoms with Crippen molar-refractivity contribution in [2.45, 2.75) is 23.8 Å². The molecule has 17 heavy (non-hydrogen) atoms. The predicted molar refractivity (Wildman–Crippen MR) is 73.3 cm³/mol. The van der Waals surface area contributed by atoms with E-state index in [-0.39, 0.29) is 6.04 Å². The second-order valence-corrected chi connectivity index (χ2v) is 4.98. The first kappa shape index (κ1) is 12.5. The van der Waals surface area contributed by atoms with Gasteiger partial charge in [-0.15, -0.1) is 11.8 Å². The first-order valence-corrected chi connectivity index (χ1v) is 7.20. The molecule has 0 saturated carbocycles. The van der Waals surface area contributed by atoms with E-state index in [0.29, 0.717) is 0 Å². The molecule has 1 N–H and O–H groups in total. The maximum absolute atomic E-state index is 5.45. The highest BCUT2D eigenvalue weighted by atomic mass is 32.2. The van der Waals surface area contributed by atoms with Gasteiger partial charge in [0.25, 0.3) is 0 Å². The van der Waals surface area contributed by atoms with Crippen molar-refractivity contribution in [3.05, 3.63) is 41.7 Å². The minimum Gasteiger partial charge on any atom is -0.501 e. The molecule has 1 atom stereocenters. The van der Waals surface area contributed by atoms with Gasteiger partial charge in [-0.3, -0.25) is 0 Å². The number of rotatable bonds is 4. The molecule has 0 bridgehead atoms. The molecule has 92 valence electrons. The zero-order valence-electron chi connectivity index (χ0n) is 10.4. The second kappa shape index (κ2) is 6.12. The van der Waals surface area contributed by atoms with Crippen LogP contribution in [0.25, 0.3) is 0 Å². The van der Waals surface area contributed by atoms with Gasteiger partial charge in [-0.25, -0.2) is 0 Å². The Balaban J connectivity index is 2.31. The lowest BCUT2D eigenvalue weighted by atomic mass is 9.95. The fraction of sp³-hybridized carbons (Fsp3) is 0.429. The van der Waals surface area contributed by atoms with E-state index in [2.05, 4.69) is 35.8 Å². The Kier molecular flexibility index (Phi) is 4.51. The molecule has 1 aliphatic rings. The van der Waals surface area contributed by atoms with Crippen molar-refractivity contribution in [1.82, 2.24) is 5.32 Å². The topological polar surface area (TPSA) is 21.3 Å². The maximum atomic E-state index is 5.45. The highest BCUT2D eigenvalue weighted by molar-refractivity contribution is 7.98. The minimum atomic E-state index is 0.277. The van der Waals surface area contributed by atoms with Crippen LogP contribution in [0.2, 0.25) is 0 Å². The Morgan fingerprint density at radius 1 is 1.35 bits per heavy atom. The molecule has 1 aromatic carbocycles. The number of nitrogens with one attached hydrogen (secondary N) is 1. The van der Waals surface area contributed by atoms with Crippen LogP contribution in [0.1, 0.15) is 24.4 Å². The normalized spacial score (nSPS) is 17.2. The first-order valence-electron chi connectivity index (χ1n) is 5.97. The van der Waals surface area contributed by atoms with E-state index in [1.807, 2.05) is 13.3 Å². The van der Waals surface area contributed by atoms with Crippen LogP contribution in [0, 0.1) is 0 Å². The summed E-state index contributed by atoms with van der Waals surface area (Å²) in [6.45, 7) is 0.851. The van der Waals surface area contributed by atoms with Crippen LogP contribution in [0.15, 0.2) is 41.0 Å². The standard InChI is InChI=1S/C14H19NOS/c1-15-14(11-6-5-9-16-10-11)12-7-3-4-8-13(12)17-2/h3-4,7-8,10,14-15H,5-6,9H2,1-2H3. The van der Waals surface area contributed by atoms with E-state index < -0.39 is 0 Å². The minimum absolute atomic E-state index is 0.277. The van der Waals surface area contributed by atoms with Crippen molar-refractivity contribution in [2.24, 2.45) is 0 Å². The number of ether oxygens (including phenoxy) is 1. The monoisotopic (exact) mass is 249 g/mol. The lowest BCUT2D eigenvalue weighted by molar-refractivity contribution is 0.220. The van der Waals surface area contributed by atoms with Crippen LogP contribution in [0.3, 0.4) is 0 Å². The van der Waals surface area contributed by atoms with Crippen molar-refractivity contribution >= 4 is 11.8 Å². The zero-order valence-corrected chi connectivity index (χ0v) is 11.2. The third kappa shape index (κ3) is 2.85. The summed E-state index contributed by atoms with van der Waals surface area (Å²) < 4.78 is 5.45. The van der Waals surface area contributed by atoms with Crippen LogP contribution in [0.4, 0.5) is 0 Å². The number of hydrogen-bond acceptors (Lipinski definition) is 3. The van der Waals surface area contributed by atoms with Crippen molar-refractivity contribution in [2.75, 3.05) is 19.9 Å². The van der Waals surface area contributed by atoms with Gasteiger partial charge in [0.05, 0.1) is 18.9 Å². The quantitative estimate of drug-likeness (QED) is 0.827. The van der Waals surface area contributed by atoms with E-state index in [4.69, 9.17) is 4.74 Å². The van der Waals surface area contributed by atoms with Crippen molar-refractivity contribution < 1.29 is 4.74 Å². The summed E-state index contributed by atoms with van der Waals surface area (Å²) in [4.78, 5) is 1.33. The van der Waals surface area contributed by atoms with Crippen LogP contribution >= 0.6 is 11.8 Å². The highest BCUT2D eigenvalue weighted by Gasteiger charge is 2.19. The molecule has 1 unspecified atom stereocenters. The molecule has 0 amide bonds. The average molecular weight is 249 g/mol. The molecule has 0 aromatic heterocycles. The van der Waals surface area contributed by atoms with Crippen molar-refractivity contribution in [1.29, 1.82) is 0 Å². The van der Waals surface area contributed by atoms with Gasteiger partial charge in [0, 0.05) is 4.90 Å². The summed E-state index contributed by atoms with van der Waals surface area (Å²) in [6.07, 6.45) is 6.29. The third-order valence-corrected chi connectivity index (χ3v) is 3.88. The fourth-order valence-corrected chi connectivity index (χ4v) is 2.88. The summed E-state index contributed by atoms with van der Waals surface area (Å²) in [5.74, 6) is 0. The van der Waals surface area contributed by atoms with Gasteiger partial charge in [0.1, 0.15) is 0 Å². The third-order valence-electron chi connectivity index (χ3n) is 3.07. The molecule has 2 rings (SSSR count). The van der Waals surface area contributed by atoms with E-state index in [0.717, 1.165) is 19.4 Å². The summed E-state index contributed by atoms with van der Waals surface area (Å²) in [7, 11) is 2.01. The molecule has 0 radical (unpaired) electrons. The fourth-order valence-electron chi connectivity index (χ4n) is 2.24. The molecule has 0 spiro atoms. The van der Waals surface area contributed by atoms with Gasteiger partial charge in [0.2, 0.25) is 0 Å². The molecule has 1 aromatic rings. The molecule has 1 aliphatic heterocycles. The van der Waals surface area contributed by atoms with E-state index in [9.17, 15) is 0 Å². The van der Waals surface area contributed by atoms with E-state index >= 15 is 0 Å². The molecule has 2 nitrogen and oxygen atoms in total. The first-order chi connectivity index (χ1) is 8.36. The Labute approximate surface area is 107 Å². The predicted octanol–water partition coefficient (Wildman–Crippen LogP) is 3.36. The van der Waals surface area contributed by atoms with Crippen LogP contribution in [0.5, 0.6) is 0 Å².